The Morgan fingerprint density at radius 2 is 1.81 bits per heavy atom. The van der Waals surface area contributed by atoms with Gasteiger partial charge in [0.1, 0.15) is 5.37 Å². The lowest BCUT2D eigenvalue weighted by molar-refractivity contribution is 0.0628. The molecule has 0 N–H and O–H groups in total. The predicted molar refractivity (Wildman–Crippen MR) is 121 cm³/mol. The van der Waals surface area contributed by atoms with Gasteiger partial charge < -0.3 is 9.80 Å². The van der Waals surface area contributed by atoms with Gasteiger partial charge in [-0.05, 0) is 26.7 Å². The molecule has 11 heteroatoms. The van der Waals surface area contributed by atoms with Crippen molar-refractivity contribution in [2.45, 2.75) is 32.1 Å². The van der Waals surface area contributed by atoms with Crippen LogP contribution in [0, 0.1) is 16.7 Å². The van der Waals surface area contributed by atoms with Crippen molar-refractivity contribution in [3.8, 4) is 6.07 Å². The molecule has 32 heavy (non-hydrogen) atoms. The van der Waals surface area contributed by atoms with E-state index in [1.165, 1.54) is 0 Å². The average molecular weight is 460 g/mol. The number of piperazine rings is 1. The van der Waals surface area contributed by atoms with E-state index in [4.69, 9.17) is 0 Å². The number of amides is 1. The molecule has 2 aliphatic rings. The van der Waals surface area contributed by atoms with Gasteiger partial charge in [0.25, 0.3) is 5.91 Å². The van der Waals surface area contributed by atoms with Crippen LogP contribution in [0.15, 0.2) is 12.4 Å². The summed E-state index contributed by atoms with van der Waals surface area (Å²) in [7, 11) is -0.701. The summed E-state index contributed by atoms with van der Waals surface area (Å²) in [6.07, 6.45) is 4.83. The maximum atomic E-state index is 13.5. The summed E-state index contributed by atoms with van der Waals surface area (Å²) in [5, 5.41) is 14.1. The Hall–Kier alpha value is -2.71. The number of hydrogen-bond acceptors (Lipinski definition) is 8. The number of carbonyl (C=O) groups is 1. The first-order chi connectivity index (χ1) is 15.2. The van der Waals surface area contributed by atoms with Crippen molar-refractivity contribution in [3.05, 3.63) is 18.0 Å². The van der Waals surface area contributed by atoms with Gasteiger partial charge >= 0.3 is 0 Å². The van der Waals surface area contributed by atoms with Crippen molar-refractivity contribution in [3.63, 3.8) is 0 Å². The Labute approximate surface area is 189 Å². The Bertz CT molecular complexity index is 1130. The van der Waals surface area contributed by atoms with Crippen LogP contribution >= 0.6 is 0 Å². The minimum atomic E-state index is -2.53. The fourth-order valence-electron chi connectivity index (χ4n) is 4.52. The fraction of sp³-hybridized carbons (Fsp3) is 0.619. The van der Waals surface area contributed by atoms with Gasteiger partial charge in [-0.2, -0.15) is 10.4 Å². The van der Waals surface area contributed by atoms with Gasteiger partial charge in [0.05, 0.1) is 34.3 Å². The van der Waals surface area contributed by atoms with Crippen LogP contribution in [0.2, 0.25) is 0 Å². The van der Waals surface area contributed by atoms with Crippen LogP contribution in [0.3, 0.4) is 0 Å². The maximum absolute atomic E-state index is 13.5. The predicted octanol–water partition coefficient (Wildman–Crippen LogP) is 0.814. The zero-order chi connectivity index (χ0) is 23.0. The van der Waals surface area contributed by atoms with E-state index in [-0.39, 0.29) is 11.3 Å². The summed E-state index contributed by atoms with van der Waals surface area (Å²) in [4.78, 5) is 23.9. The molecule has 1 atom stereocenters. The highest BCUT2D eigenvalue weighted by Gasteiger charge is 2.34. The molecule has 10 nitrogen and oxygen atoms in total. The van der Waals surface area contributed by atoms with Crippen LogP contribution in [-0.2, 0) is 17.8 Å². The molecular weight excluding hydrogens is 430 g/mol. The molecule has 0 radical (unpaired) electrons. The molecule has 2 aliphatic heterocycles. The summed E-state index contributed by atoms with van der Waals surface area (Å²) in [5.41, 5.74) is 1.72. The quantitative estimate of drug-likeness (QED) is 0.668. The van der Waals surface area contributed by atoms with E-state index in [1.807, 2.05) is 18.9 Å². The Kier molecular flexibility index (Phi) is 6.09. The normalized spacial score (nSPS) is 20.5. The summed E-state index contributed by atoms with van der Waals surface area (Å²) in [5.74, 6) is -0.106. The van der Waals surface area contributed by atoms with E-state index in [2.05, 4.69) is 21.1 Å². The fourth-order valence-corrected chi connectivity index (χ4v) is 5.02. The van der Waals surface area contributed by atoms with Gasteiger partial charge in [0.15, 0.2) is 16.4 Å². The number of nitriles is 1. The first-order valence-corrected chi connectivity index (χ1v) is 12.1. The number of hydrogen-bond donors (Lipinski definition) is 1. The largest absolute Gasteiger partial charge is 0.370 e. The lowest BCUT2D eigenvalue weighted by Crippen LogP contribution is -2.51. The van der Waals surface area contributed by atoms with Crippen LogP contribution in [0.4, 0.5) is 5.69 Å². The van der Waals surface area contributed by atoms with Crippen molar-refractivity contribution in [2.75, 3.05) is 44.2 Å². The SMILES string of the molecule is CC(N1CCN(C(=O)c2cnc3c(cnn3C)c2N2CCC(C)(C#N)CC2)CC1)[SH](=O)=O. The number of piperidine rings is 1. The molecule has 2 aromatic heterocycles. The molecule has 2 aromatic rings. The topological polar surface area (TPSA) is 115 Å². The van der Waals surface area contributed by atoms with Crippen molar-refractivity contribution in [1.29, 1.82) is 5.26 Å². The molecule has 0 bridgehead atoms. The second kappa shape index (κ2) is 8.67. The highest BCUT2D eigenvalue weighted by Crippen LogP contribution is 2.37. The molecule has 0 aliphatic carbocycles. The molecule has 0 spiro atoms. The molecule has 2 fully saturated rings. The van der Waals surface area contributed by atoms with Crippen LogP contribution in [0.5, 0.6) is 0 Å². The van der Waals surface area contributed by atoms with Crippen molar-refractivity contribution in [1.82, 2.24) is 24.6 Å². The smallest absolute Gasteiger partial charge is 0.257 e. The number of rotatable bonds is 4. The third-order valence-electron chi connectivity index (χ3n) is 6.85. The minimum absolute atomic E-state index is 0.106. The molecule has 4 heterocycles. The summed E-state index contributed by atoms with van der Waals surface area (Å²) < 4.78 is 24.3. The number of carbonyl (C=O) groups excluding carboxylic acids is 1. The molecule has 4 rings (SSSR count). The van der Waals surface area contributed by atoms with Gasteiger partial charge in [-0.3, -0.25) is 14.4 Å². The zero-order valence-electron chi connectivity index (χ0n) is 18.7. The standard InChI is InChI=1S/C21H29N7O3S/c1-15(32(30)31)26-8-10-28(11-9-26)20(29)17-12-23-19-16(13-24-25(19)3)18(17)27-6-4-21(2,14-22)5-7-27/h12-13,15,32H,4-11H2,1-3H3. The highest BCUT2D eigenvalue weighted by atomic mass is 32.2. The van der Waals surface area contributed by atoms with E-state index >= 15 is 0 Å². The molecule has 0 aromatic carbocycles. The molecule has 1 amide bonds. The molecule has 0 saturated carbocycles. The van der Waals surface area contributed by atoms with Crippen LogP contribution < -0.4 is 4.90 Å². The summed E-state index contributed by atoms with van der Waals surface area (Å²) in [6.45, 7) is 6.97. The van der Waals surface area contributed by atoms with E-state index in [9.17, 15) is 18.5 Å². The lowest BCUT2D eigenvalue weighted by atomic mass is 9.81. The maximum Gasteiger partial charge on any atom is 0.257 e. The number of aromatic nitrogens is 3. The molecule has 1 unspecified atom stereocenters. The van der Waals surface area contributed by atoms with Gasteiger partial charge in [-0.25, -0.2) is 13.4 Å². The molecule has 2 saturated heterocycles. The summed E-state index contributed by atoms with van der Waals surface area (Å²) >= 11 is 0. The van der Waals surface area contributed by atoms with Crippen molar-refractivity contribution < 1.29 is 13.2 Å². The van der Waals surface area contributed by atoms with E-state index < -0.39 is 16.1 Å². The number of anilines is 1. The summed E-state index contributed by atoms with van der Waals surface area (Å²) in [6, 6.07) is 2.43. The van der Waals surface area contributed by atoms with E-state index in [1.54, 1.807) is 28.9 Å². The van der Waals surface area contributed by atoms with Crippen molar-refractivity contribution in [2.24, 2.45) is 12.5 Å². The first-order valence-electron chi connectivity index (χ1n) is 10.9. The number of pyridine rings is 1. The number of thiol groups is 1. The Morgan fingerprint density at radius 1 is 1.16 bits per heavy atom. The third kappa shape index (κ3) is 4.04. The van der Waals surface area contributed by atoms with Crippen LogP contribution in [-0.4, -0.2) is 83.5 Å². The number of fused-ring (bicyclic) bond motifs is 1. The van der Waals surface area contributed by atoms with Crippen molar-refractivity contribution >= 4 is 33.3 Å². The average Bonchev–Trinajstić information content (AvgIpc) is 3.19. The third-order valence-corrected chi connectivity index (χ3v) is 7.79. The monoisotopic (exact) mass is 459 g/mol. The van der Waals surface area contributed by atoms with Gasteiger partial charge in [0.2, 0.25) is 0 Å². The Morgan fingerprint density at radius 3 is 2.41 bits per heavy atom. The zero-order valence-corrected chi connectivity index (χ0v) is 19.6. The van der Waals surface area contributed by atoms with E-state index in [0.29, 0.717) is 50.5 Å². The van der Waals surface area contributed by atoms with Gasteiger partial charge in [0, 0.05) is 52.5 Å². The number of aryl methyl sites for hydroxylation is 1. The Balaban J connectivity index is 1.62. The second-order valence-corrected chi connectivity index (χ2v) is 10.2. The van der Waals surface area contributed by atoms with E-state index in [0.717, 1.165) is 23.9 Å². The van der Waals surface area contributed by atoms with Crippen LogP contribution in [0.25, 0.3) is 11.0 Å². The molecular formula is C21H29N7O3S. The van der Waals surface area contributed by atoms with Crippen LogP contribution in [0.1, 0.15) is 37.0 Å². The minimum Gasteiger partial charge on any atom is -0.370 e. The second-order valence-electron chi connectivity index (χ2n) is 8.93. The van der Waals surface area contributed by atoms with Gasteiger partial charge in [-0.1, -0.05) is 0 Å². The highest BCUT2D eigenvalue weighted by molar-refractivity contribution is 7.73. The lowest BCUT2D eigenvalue weighted by Gasteiger charge is -2.39. The molecule has 172 valence electrons. The first kappa shape index (κ1) is 22.5. The number of nitrogens with zero attached hydrogens (tertiary/aromatic N) is 7. The van der Waals surface area contributed by atoms with Gasteiger partial charge in [-0.15, -0.1) is 0 Å².